The van der Waals surface area contributed by atoms with Gasteiger partial charge in [-0.1, -0.05) is 0 Å². The minimum atomic E-state index is -3.74. The molecule has 0 amide bonds. The van der Waals surface area contributed by atoms with Crippen LogP contribution in [0.5, 0.6) is 0 Å². The number of rotatable bonds is 2. The van der Waals surface area contributed by atoms with Crippen molar-refractivity contribution in [3.63, 3.8) is 0 Å². The van der Waals surface area contributed by atoms with Gasteiger partial charge in [0.05, 0.1) is 0 Å². The Hall–Kier alpha value is -2.42. The summed E-state index contributed by atoms with van der Waals surface area (Å²) >= 11 is -0.287. The van der Waals surface area contributed by atoms with Gasteiger partial charge in [-0.15, -0.1) is 0 Å². The summed E-state index contributed by atoms with van der Waals surface area (Å²) in [5, 5.41) is 0.628. The summed E-state index contributed by atoms with van der Waals surface area (Å²) in [6.45, 7) is 1.53. The Labute approximate surface area is 166 Å². The normalized spacial score (nSPS) is 21.7. The van der Waals surface area contributed by atoms with Gasteiger partial charge in [-0.25, -0.2) is 0 Å². The molecule has 1 aliphatic rings. The van der Waals surface area contributed by atoms with Gasteiger partial charge in [0.15, 0.2) is 0 Å². The zero-order valence-electron chi connectivity index (χ0n) is 15.1. The van der Waals surface area contributed by atoms with Gasteiger partial charge in [0, 0.05) is 0 Å². The van der Waals surface area contributed by atoms with Crippen molar-refractivity contribution in [2.75, 3.05) is 12.8 Å². The molecule has 2 aromatic carbocycles. The molecule has 4 rings (SSSR count). The van der Waals surface area contributed by atoms with Gasteiger partial charge in [0.25, 0.3) is 0 Å². The molecule has 1 aliphatic heterocycles. The van der Waals surface area contributed by atoms with Gasteiger partial charge in [0.1, 0.15) is 0 Å². The Balaban J connectivity index is 1.91. The molecular formula is C18H17FN4O3SSe. The van der Waals surface area contributed by atoms with Crippen LogP contribution >= 0.6 is 0 Å². The molecule has 1 aromatic heterocycles. The predicted octanol–water partition coefficient (Wildman–Crippen LogP) is 0.992. The topological polar surface area (TPSA) is 97.8 Å². The van der Waals surface area contributed by atoms with E-state index in [0.717, 1.165) is 8.57 Å². The molecule has 0 saturated heterocycles. The standard InChI is InChI=1S/C18H17FN4O3SSe/c1-18(10-27(25,26)22(2)17(20)21-18)13-9-11(7-8-14(13)19)23-16(24)12-5-3-4-6-15(12)28-23/h3-9H,10H2,1-2H3,(H2,20,21)/t18-/m0/s1. The maximum atomic E-state index is 14.7. The van der Waals surface area contributed by atoms with E-state index < -0.39 is 27.1 Å². The number of benzene rings is 2. The van der Waals surface area contributed by atoms with E-state index in [0.29, 0.717) is 11.1 Å². The second-order valence-corrected chi connectivity index (χ2v) is 10.9. The molecule has 0 saturated carbocycles. The number of aliphatic imine (C=N–C) groups is 1. The van der Waals surface area contributed by atoms with Crippen molar-refractivity contribution in [1.29, 1.82) is 0 Å². The van der Waals surface area contributed by atoms with Crippen LogP contribution in [0.3, 0.4) is 0 Å². The van der Waals surface area contributed by atoms with Crippen LogP contribution in [-0.4, -0.2) is 49.8 Å². The number of aromatic nitrogens is 1. The monoisotopic (exact) mass is 468 g/mol. The zero-order valence-corrected chi connectivity index (χ0v) is 17.6. The number of guanidine groups is 1. The van der Waals surface area contributed by atoms with Crippen LogP contribution in [0.25, 0.3) is 15.3 Å². The second-order valence-electron chi connectivity index (χ2n) is 6.82. The fourth-order valence-corrected chi connectivity index (χ4v) is 6.81. The van der Waals surface area contributed by atoms with Gasteiger partial charge in [-0.2, -0.15) is 0 Å². The number of fused-ring (bicyclic) bond motifs is 1. The van der Waals surface area contributed by atoms with E-state index in [1.165, 1.54) is 32.2 Å². The minimum absolute atomic E-state index is 0.0872. The summed E-state index contributed by atoms with van der Waals surface area (Å²) in [5.74, 6) is -1.22. The van der Waals surface area contributed by atoms with Crippen molar-refractivity contribution in [2.24, 2.45) is 10.7 Å². The Morgan fingerprint density at radius 1 is 1.25 bits per heavy atom. The number of nitrogens with two attached hydrogens (primary N) is 1. The van der Waals surface area contributed by atoms with E-state index in [1.54, 1.807) is 15.7 Å². The summed E-state index contributed by atoms with van der Waals surface area (Å²) in [6, 6.07) is 11.6. The molecule has 2 N–H and O–H groups in total. The molecule has 7 nitrogen and oxygen atoms in total. The third-order valence-corrected chi connectivity index (χ3v) is 9.10. The van der Waals surface area contributed by atoms with Crippen molar-refractivity contribution in [1.82, 2.24) is 7.87 Å². The number of halogens is 1. The van der Waals surface area contributed by atoms with Gasteiger partial charge in [-0.05, 0) is 0 Å². The van der Waals surface area contributed by atoms with Crippen molar-refractivity contribution in [2.45, 2.75) is 12.5 Å². The molecule has 146 valence electrons. The van der Waals surface area contributed by atoms with Crippen LogP contribution in [-0.2, 0) is 15.6 Å². The van der Waals surface area contributed by atoms with Crippen LogP contribution in [0.1, 0.15) is 12.5 Å². The molecule has 0 spiro atoms. The Kier molecular flexibility index (Phi) is 4.26. The average Bonchev–Trinajstić information content (AvgIpc) is 2.97. The fourth-order valence-electron chi connectivity index (χ4n) is 3.28. The molecule has 0 fully saturated rings. The van der Waals surface area contributed by atoms with Crippen LogP contribution in [0.15, 0.2) is 52.3 Å². The zero-order chi connectivity index (χ0) is 20.3. The van der Waals surface area contributed by atoms with E-state index in [4.69, 9.17) is 5.73 Å². The Morgan fingerprint density at radius 3 is 2.64 bits per heavy atom. The van der Waals surface area contributed by atoms with E-state index >= 15 is 0 Å². The molecule has 0 unspecified atom stereocenters. The molecule has 0 radical (unpaired) electrons. The van der Waals surface area contributed by atoms with Crippen molar-refractivity contribution in [3.8, 4) is 5.69 Å². The van der Waals surface area contributed by atoms with E-state index in [-0.39, 0.29) is 31.8 Å². The van der Waals surface area contributed by atoms with Crippen molar-refractivity contribution in [3.05, 3.63) is 64.2 Å². The fraction of sp³-hybridized carbons (Fsp3) is 0.222. The quantitative estimate of drug-likeness (QED) is 0.569. The number of hydrogen-bond donors (Lipinski definition) is 1. The van der Waals surface area contributed by atoms with Crippen molar-refractivity contribution < 1.29 is 12.8 Å². The van der Waals surface area contributed by atoms with Crippen LogP contribution < -0.4 is 11.3 Å². The van der Waals surface area contributed by atoms with Gasteiger partial charge in [0.2, 0.25) is 0 Å². The van der Waals surface area contributed by atoms with E-state index in [9.17, 15) is 17.6 Å². The summed E-state index contributed by atoms with van der Waals surface area (Å²) in [7, 11) is -2.43. The Morgan fingerprint density at radius 2 is 1.96 bits per heavy atom. The summed E-state index contributed by atoms with van der Waals surface area (Å²) in [5.41, 5.74) is 4.81. The summed E-state index contributed by atoms with van der Waals surface area (Å²) in [4.78, 5) is 17.0. The number of sulfonamides is 1. The van der Waals surface area contributed by atoms with Gasteiger partial charge < -0.3 is 0 Å². The van der Waals surface area contributed by atoms with Gasteiger partial charge >= 0.3 is 167 Å². The first kappa shape index (κ1) is 18.9. The average molecular weight is 467 g/mol. The first-order valence-electron chi connectivity index (χ1n) is 8.36. The molecule has 10 heteroatoms. The predicted molar refractivity (Wildman–Crippen MR) is 107 cm³/mol. The van der Waals surface area contributed by atoms with Gasteiger partial charge in [-0.3, -0.25) is 0 Å². The van der Waals surface area contributed by atoms with E-state index in [2.05, 4.69) is 4.99 Å². The van der Waals surface area contributed by atoms with Crippen LogP contribution in [0.4, 0.5) is 4.39 Å². The molecule has 28 heavy (non-hydrogen) atoms. The van der Waals surface area contributed by atoms with Crippen LogP contribution in [0, 0.1) is 5.82 Å². The third kappa shape index (κ3) is 2.88. The molecule has 1 atom stereocenters. The first-order chi connectivity index (χ1) is 13.1. The van der Waals surface area contributed by atoms with Crippen LogP contribution in [0.2, 0.25) is 0 Å². The SMILES string of the molecule is CN1C(N)=N[C@](C)(c2cc(-n3[se]c4ccccc4c3=O)ccc2F)CS1(=O)=O. The molecule has 3 aromatic rings. The maximum absolute atomic E-state index is 14.7. The number of hydrogen-bond acceptors (Lipinski definition) is 5. The second kappa shape index (κ2) is 6.30. The molecule has 2 heterocycles. The molecule has 0 aliphatic carbocycles. The Bertz CT molecular complexity index is 1300. The molecular weight excluding hydrogens is 450 g/mol. The summed E-state index contributed by atoms with van der Waals surface area (Å²) in [6.07, 6.45) is 0. The number of nitrogens with zero attached hydrogens (tertiary/aromatic N) is 3. The third-order valence-electron chi connectivity index (χ3n) is 4.82. The first-order valence-corrected chi connectivity index (χ1v) is 11.6. The van der Waals surface area contributed by atoms with Crippen molar-refractivity contribution >= 4 is 40.4 Å². The summed E-state index contributed by atoms with van der Waals surface area (Å²) < 4.78 is 43.0. The molecule has 0 bridgehead atoms. The van der Waals surface area contributed by atoms with E-state index in [1.807, 2.05) is 12.1 Å².